The minimum absolute atomic E-state index is 0.0845. The van der Waals surface area contributed by atoms with Crippen LogP contribution in [0.2, 0.25) is 0 Å². The van der Waals surface area contributed by atoms with Crippen molar-refractivity contribution in [3.05, 3.63) is 53.7 Å². The summed E-state index contributed by atoms with van der Waals surface area (Å²) in [7, 11) is 1.64. The van der Waals surface area contributed by atoms with Crippen LogP contribution in [0.3, 0.4) is 0 Å². The summed E-state index contributed by atoms with van der Waals surface area (Å²) in [5, 5.41) is 3.05. The van der Waals surface area contributed by atoms with Crippen LogP contribution in [0.25, 0.3) is 0 Å². The van der Waals surface area contributed by atoms with E-state index in [1.807, 2.05) is 47.5 Å². The minimum atomic E-state index is -0.0845. The van der Waals surface area contributed by atoms with Crippen molar-refractivity contribution in [2.45, 2.75) is 38.6 Å². The molecule has 1 aromatic carbocycles. The molecule has 0 saturated carbocycles. The lowest BCUT2D eigenvalue weighted by molar-refractivity contribution is -0.132. The van der Waals surface area contributed by atoms with E-state index in [4.69, 9.17) is 4.74 Å². The number of rotatable bonds is 7. The van der Waals surface area contributed by atoms with Crippen molar-refractivity contribution in [2.24, 2.45) is 0 Å². The maximum atomic E-state index is 12.8. The summed E-state index contributed by atoms with van der Waals surface area (Å²) in [5.41, 5.74) is 2.16. The lowest BCUT2D eigenvalue weighted by Gasteiger charge is -2.35. The SMILES string of the molecule is COc1ccc(CCC(=O)N2CCN(C(=O)NCc3cccnc3N3CCCCC3)CC2)cc1. The second kappa shape index (κ2) is 11.7. The molecule has 0 radical (unpaired) electrons. The number of urea groups is 1. The molecule has 1 N–H and O–H groups in total. The Kier molecular flexibility index (Phi) is 8.22. The summed E-state index contributed by atoms with van der Waals surface area (Å²) in [6.45, 7) is 4.73. The predicted molar refractivity (Wildman–Crippen MR) is 132 cm³/mol. The van der Waals surface area contributed by atoms with Crippen molar-refractivity contribution < 1.29 is 14.3 Å². The number of ether oxygens (including phenoxy) is 1. The number of benzene rings is 1. The molecule has 3 amide bonds. The van der Waals surface area contributed by atoms with Gasteiger partial charge in [0, 0.05) is 64.0 Å². The van der Waals surface area contributed by atoms with E-state index in [1.165, 1.54) is 19.3 Å². The van der Waals surface area contributed by atoms with Crippen molar-refractivity contribution in [1.29, 1.82) is 0 Å². The van der Waals surface area contributed by atoms with Gasteiger partial charge in [0.15, 0.2) is 0 Å². The Balaban J connectivity index is 1.21. The Morgan fingerprint density at radius 3 is 2.35 bits per heavy atom. The number of pyridine rings is 1. The molecule has 0 aliphatic carbocycles. The average molecular weight is 466 g/mol. The van der Waals surface area contributed by atoms with Gasteiger partial charge in [-0.3, -0.25) is 4.79 Å². The molecule has 2 aromatic rings. The summed E-state index contributed by atoms with van der Waals surface area (Å²) in [6, 6.07) is 11.7. The van der Waals surface area contributed by atoms with Gasteiger partial charge in [0.2, 0.25) is 5.91 Å². The highest BCUT2D eigenvalue weighted by atomic mass is 16.5. The summed E-state index contributed by atoms with van der Waals surface area (Å²) < 4.78 is 5.18. The van der Waals surface area contributed by atoms with Crippen molar-refractivity contribution in [3.8, 4) is 5.75 Å². The Bertz CT molecular complexity index is 951. The van der Waals surface area contributed by atoms with Gasteiger partial charge in [-0.2, -0.15) is 0 Å². The first-order valence-corrected chi connectivity index (χ1v) is 12.3. The van der Waals surface area contributed by atoms with Crippen LogP contribution in [-0.4, -0.2) is 73.1 Å². The second-order valence-electron chi connectivity index (χ2n) is 8.91. The molecule has 2 saturated heterocycles. The van der Waals surface area contributed by atoms with Gasteiger partial charge in [-0.15, -0.1) is 0 Å². The molecule has 4 rings (SSSR count). The minimum Gasteiger partial charge on any atom is -0.497 e. The molecule has 0 atom stereocenters. The summed E-state index contributed by atoms with van der Waals surface area (Å²) >= 11 is 0. The first kappa shape index (κ1) is 23.9. The molecule has 0 unspecified atom stereocenters. The van der Waals surface area contributed by atoms with Gasteiger partial charge < -0.3 is 24.8 Å². The molecule has 1 aromatic heterocycles. The number of carbonyl (C=O) groups is 2. The van der Waals surface area contributed by atoms with Crippen LogP contribution in [0.15, 0.2) is 42.6 Å². The zero-order chi connectivity index (χ0) is 23.8. The lowest BCUT2D eigenvalue weighted by atomic mass is 10.1. The first-order valence-electron chi connectivity index (χ1n) is 12.3. The van der Waals surface area contributed by atoms with Crippen LogP contribution < -0.4 is 15.0 Å². The van der Waals surface area contributed by atoms with Crippen molar-refractivity contribution in [2.75, 3.05) is 51.3 Å². The predicted octanol–water partition coefficient (Wildman–Crippen LogP) is 3.07. The molecule has 0 spiro atoms. The van der Waals surface area contributed by atoms with Crippen LogP contribution in [0.1, 0.15) is 36.8 Å². The number of anilines is 1. The number of aryl methyl sites for hydroxylation is 1. The standard InChI is InChI=1S/C26H35N5O3/c1-34-23-10-7-21(8-11-23)9-12-24(32)29-16-18-31(19-17-29)26(33)28-20-22-6-5-13-27-25(22)30-14-3-2-4-15-30/h5-8,10-11,13H,2-4,9,12,14-20H2,1H3,(H,28,33). The maximum absolute atomic E-state index is 12.8. The number of amides is 3. The Morgan fingerprint density at radius 2 is 1.65 bits per heavy atom. The number of hydrogen-bond acceptors (Lipinski definition) is 5. The van der Waals surface area contributed by atoms with Crippen molar-refractivity contribution in [1.82, 2.24) is 20.1 Å². The van der Waals surface area contributed by atoms with Crippen LogP contribution >= 0.6 is 0 Å². The van der Waals surface area contributed by atoms with Crippen molar-refractivity contribution in [3.63, 3.8) is 0 Å². The van der Waals surface area contributed by atoms with Gasteiger partial charge in [-0.1, -0.05) is 18.2 Å². The van der Waals surface area contributed by atoms with E-state index in [1.54, 1.807) is 12.0 Å². The zero-order valence-electron chi connectivity index (χ0n) is 20.0. The lowest BCUT2D eigenvalue weighted by Crippen LogP contribution is -2.53. The fourth-order valence-electron chi connectivity index (χ4n) is 4.60. The van der Waals surface area contributed by atoms with E-state index in [0.29, 0.717) is 45.6 Å². The van der Waals surface area contributed by atoms with E-state index in [2.05, 4.69) is 15.2 Å². The fraction of sp³-hybridized carbons (Fsp3) is 0.500. The van der Waals surface area contributed by atoms with Crippen LogP contribution in [0.4, 0.5) is 10.6 Å². The molecule has 2 aliphatic heterocycles. The number of methoxy groups -OCH3 is 1. The molecule has 8 heteroatoms. The number of hydrogen-bond donors (Lipinski definition) is 1. The maximum Gasteiger partial charge on any atom is 0.317 e. The summed E-state index contributed by atoms with van der Waals surface area (Å²) in [4.78, 5) is 36.0. The molecule has 2 fully saturated rings. The largest absolute Gasteiger partial charge is 0.497 e. The molecular formula is C26H35N5O3. The Labute approximate surface area is 201 Å². The van der Waals surface area contributed by atoms with Gasteiger partial charge in [0.1, 0.15) is 11.6 Å². The van der Waals surface area contributed by atoms with Gasteiger partial charge in [0.05, 0.1) is 7.11 Å². The third-order valence-corrected chi connectivity index (χ3v) is 6.66. The quantitative estimate of drug-likeness (QED) is 0.680. The molecule has 0 bridgehead atoms. The van der Waals surface area contributed by atoms with Crippen LogP contribution in [0, 0.1) is 0 Å². The average Bonchev–Trinajstić information content (AvgIpc) is 2.91. The zero-order valence-corrected chi connectivity index (χ0v) is 20.0. The van der Waals surface area contributed by atoms with Crippen molar-refractivity contribution >= 4 is 17.8 Å². The number of piperidine rings is 1. The smallest absolute Gasteiger partial charge is 0.317 e. The summed E-state index contributed by atoms with van der Waals surface area (Å²) in [5.74, 6) is 1.93. The molecule has 3 heterocycles. The van der Waals surface area contributed by atoms with E-state index in [9.17, 15) is 9.59 Å². The highest BCUT2D eigenvalue weighted by Crippen LogP contribution is 2.21. The normalized spacial score (nSPS) is 16.3. The number of nitrogens with one attached hydrogen (secondary N) is 1. The van der Waals surface area contributed by atoms with Crippen LogP contribution in [0.5, 0.6) is 5.75 Å². The van der Waals surface area contributed by atoms with E-state index in [0.717, 1.165) is 35.8 Å². The molecule has 34 heavy (non-hydrogen) atoms. The Morgan fingerprint density at radius 1 is 0.941 bits per heavy atom. The monoisotopic (exact) mass is 465 g/mol. The van der Waals surface area contributed by atoms with Crippen LogP contribution in [-0.2, 0) is 17.8 Å². The molecule has 2 aliphatic rings. The second-order valence-corrected chi connectivity index (χ2v) is 8.91. The third kappa shape index (κ3) is 6.18. The number of carbonyl (C=O) groups excluding carboxylic acids is 2. The van der Waals surface area contributed by atoms with Gasteiger partial charge in [-0.05, 0) is 49.4 Å². The van der Waals surface area contributed by atoms with E-state index >= 15 is 0 Å². The highest BCUT2D eigenvalue weighted by Gasteiger charge is 2.24. The Hall–Kier alpha value is -3.29. The first-order chi connectivity index (χ1) is 16.6. The third-order valence-electron chi connectivity index (χ3n) is 6.66. The van der Waals surface area contributed by atoms with Gasteiger partial charge in [0.25, 0.3) is 0 Å². The van der Waals surface area contributed by atoms with Gasteiger partial charge in [-0.25, -0.2) is 9.78 Å². The van der Waals surface area contributed by atoms with E-state index in [-0.39, 0.29) is 11.9 Å². The number of nitrogens with zero attached hydrogens (tertiary/aromatic N) is 4. The highest BCUT2D eigenvalue weighted by molar-refractivity contribution is 5.78. The number of piperazine rings is 1. The fourth-order valence-corrected chi connectivity index (χ4v) is 4.60. The molecule has 182 valence electrons. The topological polar surface area (TPSA) is 78.0 Å². The molecular weight excluding hydrogens is 430 g/mol. The molecule has 8 nitrogen and oxygen atoms in total. The van der Waals surface area contributed by atoms with E-state index < -0.39 is 0 Å². The summed E-state index contributed by atoms with van der Waals surface area (Å²) in [6.07, 6.45) is 6.63. The van der Waals surface area contributed by atoms with Gasteiger partial charge >= 0.3 is 6.03 Å². The number of aromatic nitrogens is 1.